The number of amides is 3. The van der Waals surface area contributed by atoms with Gasteiger partial charge in [-0.05, 0) is 78.5 Å². The van der Waals surface area contributed by atoms with E-state index in [9.17, 15) is 14.4 Å². The number of hydrogen-bond donors (Lipinski definition) is 2. The molecule has 2 atom stereocenters. The lowest BCUT2D eigenvalue weighted by molar-refractivity contribution is -0.143. The highest BCUT2D eigenvalue weighted by atomic mass is 16.6. The number of rotatable bonds is 8. The van der Waals surface area contributed by atoms with Crippen molar-refractivity contribution in [2.45, 2.75) is 92.5 Å². The minimum absolute atomic E-state index is 0.0751. The summed E-state index contributed by atoms with van der Waals surface area (Å²) < 4.78 is 5.23. The zero-order valence-corrected chi connectivity index (χ0v) is 20.5. The molecular weight excluding hydrogens is 394 g/mol. The molecule has 0 aliphatic heterocycles. The van der Waals surface area contributed by atoms with Gasteiger partial charge in [0.15, 0.2) is 0 Å². The molecule has 0 aromatic heterocycles. The van der Waals surface area contributed by atoms with Crippen molar-refractivity contribution in [2.24, 2.45) is 0 Å². The van der Waals surface area contributed by atoms with Gasteiger partial charge in [-0.2, -0.15) is 0 Å². The van der Waals surface area contributed by atoms with Gasteiger partial charge in [-0.15, -0.1) is 0 Å². The number of carbonyl (C=O) groups is 3. The fourth-order valence-corrected chi connectivity index (χ4v) is 3.25. The predicted octanol–water partition coefficient (Wildman–Crippen LogP) is 4.02. The molecule has 174 valence electrons. The van der Waals surface area contributed by atoms with Crippen LogP contribution in [-0.2, 0) is 14.3 Å². The Balaban J connectivity index is 3.32. The van der Waals surface area contributed by atoms with Crippen molar-refractivity contribution in [3.63, 3.8) is 0 Å². The zero-order valence-electron chi connectivity index (χ0n) is 20.5. The Labute approximate surface area is 186 Å². The second kappa shape index (κ2) is 11.2. The Hall–Kier alpha value is -2.57. The first-order chi connectivity index (χ1) is 14.3. The van der Waals surface area contributed by atoms with Gasteiger partial charge in [-0.3, -0.25) is 9.59 Å². The number of nitrogens with one attached hydrogen (secondary N) is 2. The van der Waals surface area contributed by atoms with E-state index in [-0.39, 0.29) is 30.4 Å². The smallest absolute Gasteiger partial charge is 0.408 e. The summed E-state index contributed by atoms with van der Waals surface area (Å²) in [5.74, 6) is -0.584. The third kappa shape index (κ3) is 7.89. The van der Waals surface area contributed by atoms with E-state index in [1.807, 2.05) is 59.7 Å². The van der Waals surface area contributed by atoms with Crippen LogP contribution < -0.4 is 10.6 Å². The number of hydrogen-bond acceptors (Lipinski definition) is 4. The molecule has 2 N–H and O–H groups in total. The normalized spacial score (nSPS) is 13.4. The van der Waals surface area contributed by atoms with Crippen LogP contribution in [0.15, 0.2) is 18.2 Å². The summed E-state index contributed by atoms with van der Waals surface area (Å²) in [6.45, 7) is 16.6. The van der Waals surface area contributed by atoms with E-state index in [1.165, 1.54) is 0 Å². The Bertz CT molecular complexity index is 784. The van der Waals surface area contributed by atoms with E-state index < -0.39 is 17.7 Å². The monoisotopic (exact) mass is 433 g/mol. The molecule has 0 bridgehead atoms. The lowest BCUT2D eigenvalue weighted by Crippen LogP contribution is -2.52. The van der Waals surface area contributed by atoms with Crippen LogP contribution in [0.2, 0.25) is 0 Å². The second-order valence-electron chi connectivity index (χ2n) is 9.27. The minimum Gasteiger partial charge on any atom is -0.444 e. The Morgan fingerprint density at radius 1 is 1.10 bits per heavy atom. The van der Waals surface area contributed by atoms with Gasteiger partial charge in [-0.25, -0.2) is 4.79 Å². The quantitative estimate of drug-likeness (QED) is 0.648. The first-order valence-electron chi connectivity index (χ1n) is 10.9. The summed E-state index contributed by atoms with van der Waals surface area (Å²) in [5, 5.41) is 5.48. The Morgan fingerprint density at radius 2 is 1.71 bits per heavy atom. The summed E-state index contributed by atoms with van der Waals surface area (Å²) in [6, 6.07) is 4.67. The molecule has 0 heterocycles. The molecule has 1 aromatic rings. The van der Waals surface area contributed by atoms with Gasteiger partial charge >= 0.3 is 6.09 Å². The maximum absolute atomic E-state index is 13.3. The van der Waals surface area contributed by atoms with Gasteiger partial charge < -0.3 is 20.3 Å². The molecule has 0 saturated heterocycles. The van der Waals surface area contributed by atoms with Crippen LogP contribution in [0.25, 0.3) is 0 Å². The van der Waals surface area contributed by atoms with E-state index in [0.717, 1.165) is 16.7 Å². The molecule has 2 unspecified atom stereocenters. The molecule has 0 fully saturated rings. The fraction of sp³-hybridized carbons (Fsp3) is 0.625. The summed E-state index contributed by atoms with van der Waals surface area (Å²) in [4.78, 5) is 40.2. The first kappa shape index (κ1) is 26.5. The van der Waals surface area contributed by atoms with E-state index in [0.29, 0.717) is 6.42 Å². The highest BCUT2D eigenvalue weighted by Crippen LogP contribution is 2.29. The molecule has 0 saturated carbocycles. The first-order valence-corrected chi connectivity index (χ1v) is 10.9. The van der Waals surface area contributed by atoms with Crippen molar-refractivity contribution >= 4 is 17.9 Å². The zero-order chi connectivity index (χ0) is 23.9. The molecule has 0 aliphatic carbocycles. The molecule has 0 aliphatic rings. The van der Waals surface area contributed by atoms with Crippen LogP contribution in [0.4, 0.5) is 4.79 Å². The van der Waals surface area contributed by atoms with Crippen LogP contribution >= 0.6 is 0 Å². The Kier molecular flexibility index (Phi) is 9.53. The van der Waals surface area contributed by atoms with Crippen LogP contribution in [-0.4, -0.2) is 47.0 Å². The lowest BCUT2D eigenvalue weighted by Gasteiger charge is -2.37. The molecule has 0 radical (unpaired) electrons. The van der Waals surface area contributed by atoms with E-state index in [2.05, 4.69) is 10.6 Å². The van der Waals surface area contributed by atoms with Crippen molar-refractivity contribution in [3.05, 3.63) is 34.9 Å². The summed E-state index contributed by atoms with van der Waals surface area (Å²) >= 11 is 0. The standard InChI is InChI=1S/C24H39N3O4/c1-10-17(5)27(20(28)14-25-23(30)31-24(7,8)9)21(22(29)26-15(2)3)19-13-11-12-16(4)18(19)6/h11-13,15,17,21H,10,14H2,1-9H3,(H,25,30)(H,26,29). The van der Waals surface area contributed by atoms with Crippen LogP contribution in [0.5, 0.6) is 0 Å². The van der Waals surface area contributed by atoms with Crippen molar-refractivity contribution in [2.75, 3.05) is 6.54 Å². The highest BCUT2D eigenvalue weighted by Gasteiger charge is 2.35. The molecule has 7 nitrogen and oxygen atoms in total. The fourth-order valence-electron chi connectivity index (χ4n) is 3.25. The third-order valence-corrected chi connectivity index (χ3v) is 5.04. The second-order valence-corrected chi connectivity index (χ2v) is 9.27. The number of nitrogens with zero attached hydrogens (tertiary/aromatic N) is 1. The van der Waals surface area contributed by atoms with Crippen molar-refractivity contribution in [1.82, 2.24) is 15.5 Å². The number of ether oxygens (including phenoxy) is 1. The maximum Gasteiger partial charge on any atom is 0.408 e. The molecule has 3 amide bonds. The van der Waals surface area contributed by atoms with Crippen molar-refractivity contribution < 1.29 is 19.1 Å². The van der Waals surface area contributed by atoms with Gasteiger partial charge in [0.05, 0.1) is 0 Å². The van der Waals surface area contributed by atoms with Gasteiger partial charge in [-0.1, -0.05) is 25.1 Å². The van der Waals surface area contributed by atoms with Crippen LogP contribution in [0.1, 0.15) is 77.6 Å². The average molecular weight is 434 g/mol. The number of carbonyl (C=O) groups excluding carboxylic acids is 3. The number of benzene rings is 1. The average Bonchev–Trinajstić information content (AvgIpc) is 2.64. The van der Waals surface area contributed by atoms with Gasteiger partial charge in [0, 0.05) is 12.1 Å². The molecule has 1 rings (SSSR count). The summed E-state index contributed by atoms with van der Waals surface area (Å²) in [5.41, 5.74) is 2.13. The van der Waals surface area contributed by atoms with Crippen LogP contribution in [0, 0.1) is 13.8 Å². The Morgan fingerprint density at radius 3 is 2.23 bits per heavy atom. The van der Waals surface area contributed by atoms with E-state index in [4.69, 9.17) is 4.74 Å². The van der Waals surface area contributed by atoms with Crippen molar-refractivity contribution in [3.8, 4) is 0 Å². The van der Waals surface area contributed by atoms with Gasteiger partial charge in [0.1, 0.15) is 18.2 Å². The topological polar surface area (TPSA) is 87.7 Å². The van der Waals surface area contributed by atoms with Gasteiger partial charge in [0.25, 0.3) is 0 Å². The molecule has 31 heavy (non-hydrogen) atoms. The number of aryl methyl sites for hydroxylation is 1. The SMILES string of the molecule is CCC(C)N(C(=O)CNC(=O)OC(C)(C)C)C(C(=O)NC(C)C)c1cccc(C)c1C. The highest BCUT2D eigenvalue weighted by molar-refractivity contribution is 5.91. The van der Waals surface area contributed by atoms with Crippen LogP contribution in [0.3, 0.4) is 0 Å². The molecule has 0 spiro atoms. The summed E-state index contributed by atoms with van der Waals surface area (Å²) in [7, 11) is 0. The van der Waals surface area contributed by atoms with Gasteiger partial charge in [0.2, 0.25) is 11.8 Å². The molecular formula is C24H39N3O4. The largest absolute Gasteiger partial charge is 0.444 e. The maximum atomic E-state index is 13.3. The third-order valence-electron chi connectivity index (χ3n) is 5.04. The molecule has 1 aromatic carbocycles. The predicted molar refractivity (Wildman–Crippen MR) is 123 cm³/mol. The van der Waals surface area contributed by atoms with E-state index >= 15 is 0 Å². The molecule has 7 heteroatoms. The van der Waals surface area contributed by atoms with E-state index in [1.54, 1.807) is 25.7 Å². The van der Waals surface area contributed by atoms with Crippen molar-refractivity contribution in [1.29, 1.82) is 0 Å². The number of alkyl carbamates (subject to hydrolysis) is 1. The summed E-state index contributed by atoms with van der Waals surface area (Å²) in [6.07, 6.45) is -0.00558. The lowest BCUT2D eigenvalue weighted by atomic mass is 9.94. The minimum atomic E-state index is -0.801.